The van der Waals surface area contributed by atoms with E-state index in [0.29, 0.717) is 13.0 Å². The highest BCUT2D eigenvalue weighted by Crippen LogP contribution is 2.28. The van der Waals surface area contributed by atoms with Crippen molar-refractivity contribution in [2.24, 2.45) is 0 Å². The van der Waals surface area contributed by atoms with E-state index in [1.165, 1.54) is 11.1 Å². The third kappa shape index (κ3) is 5.29. The Morgan fingerprint density at radius 2 is 1.25 bits per heavy atom. The molecule has 0 aliphatic carbocycles. The third-order valence-corrected chi connectivity index (χ3v) is 5.33. The van der Waals surface area contributed by atoms with E-state index >= 15 is 0 Å². The smallest absolute Gasteiger partial charge is 0.0929 e. The summed E-state index contributed by atoms with van der Waals surface area (Å²) >= 11 is 0. The molecule has 0 heterocycles. The van der Waals surface area contributed by atoms with Crippen LogP contribution in [0.25, 0.3) is 0 Å². The third-order valence-electron chi connectivity index (χ3n) is 5.33. The molecule has 3 heteroatoms. The van der Waals surface area contributed by atoms with Gasteiger partial charge in [-0.05, 0) is 30.0 Å². The highest BCUT2D eigenvalue weighted by molar-refractivity contribution is 5.22. The van der Waals surface area contributed by atoms with Crippen molar-refractivity contribution in [1.82, 2.24) is 4.90 Å². The predicted molar refractivity (Wildman–Crippen MR) is 114 cm³/mol. The normalized spacial score (nSPS) is 14.6. The van der Waals surface area contributed by atoms with E-state index < -0.39 is 6.10 Å². The monoisotopic (exact) mass is 375 g/mol. The van der Waals surface area contributed by atoms with Crippen molar-refractivity contribution in [2.75, 3.05) is 6.61 Å². The van der Waals surface area contributed by atoms with Crippen LogP contribution in [0.5, 0.6) is 0 Å². The molecule has 3 atom stereocenters. The Morgan fingerprint density at radius 1 is 0.750 bits per heavy atom. The standard InChI is InChI=1S/C25H29NO2/c1-20(23-15-9-4-10-16-23)26(18-22-13-7-3-8-14-22)24(25(28)19-27)17-21-11-5-2-6-12-21/h2-16,20,24-25,27-28H,17-19H2,1H3/t20-,24-,25-/m0/s1. The van der Waals surface area contributed by atoms with E-state index in [1.54, 1.807) is 0 Å². The summed E-state index contributed by atoms with van der Waals surface area (Å²) in [5, 5.41) is 20.5. The van der Waals surface area contributed by atoms with Gasteiger partial charge in [0.1, 0.15) is 0 Å². The molecular formula is C25H29NO2. The number of nitrogens with zero attached hydrogens (tertiary/aromatic N) is 1. The number of hydrogen-bond donors (Lipinski definition) is 2. The van der Waals surface area contributed by atoms with Gasteiger partial charge in [-0.25, -0.2) is 0 Å². The molecule has 3 rings (SSSR count). The molecule has 3 aromatic carbocycles. The topological polar surface area (TPSA) is 43.7 Å². The molecule has 0 amide bonds. The summed E-state index contributed by atoms with van der Waals surface area (Å²) in [5.41, 5.74) is 3.54. The highest BCUT2D eigenvalue weighted by Gasteiger charge is 2.30. The van der Waals surface area contributed by atoms with Crippen LogP contribution in [0.1, 0.15) is 29.7 Å². The van der Waals surface area contributed by atoms with Crippen LogP contribution in [0.2, 0.25) is 0 Å². The first kappa shape index (κ1) is 20.3. The first-order valence-corrected chi connectivity index (χ1v) is 9.86. The second-order valence-electron chi connectivity index (χ2n) is 7.25. The maximum atomic E-state index is 10.7. The molecule has 0 fully saturated rings. The lowest BCUT2D eigenvalue weighted by Gasteiger charge is -2.39. The van der Waals surface area contributed by atoms with Gasteiger partial charge >= 0.3 is 0 Å². The first-order valence-electron chi connectivity index (χ1n) is 9.86. The molecule has 0 radical (unpaired) electrons. The number of aliphatic hydroxyl groups is 2. The summed E-state index contributed by atoms with van der Waals surface area (Å²) in [6.07, 6.45) is -0.151. The van der Waals surface area contributed by atoms with E-state index in [0.717, 1.165) is 5.56 Å². The van der Waals surface area contributed by atoms with Crippen LogP contribution in [0.15, 0.2) is 91.0 Å². The summed E-state index contributed by atoms with van der Waals surface area (Å²) in [4.78, 5) is 2.30. The molecule has 146 valence electrons. The van der Waals surface area contributed by atoms with Crippen LogP contribution in [-0.2, 0) is 13.0 Å². The van der Waals surface area contributed by atoms with Crippen LogP contribution in [0.4, 0.5) is 0 Å². The molecule has 0 unspecified atom stereocenters. The zero-order valence-electron chi connectivity index (χ0n) is 16.4. The zero-order valence-corrected chi connectivity index (χ0v) is 16.4. The molecule has 0 saturated heterocycles. The van der Waals surface area contributed by atoms with E-state index in [2.05, 4.69) is 48.2 Å². The number of aliphatic hydroxyl groups excluding tert-OH is 2. The quantitative estimate of drug-likeness (QED) is 0.589. The fourth-order valence-electron chi connectivity index (χ4n) is 3.71. The van der Waals surface area contributed by atoms with E-state index in [-0.39, 0.29) is 18.7 Å². The minimum atomic E-state index is -0.824. The molecule has 0 bridgehead atoms. The van der Waals surface area contributed by atoms with Crippen molar-refractivity contribution < 1.29 is 10.2 Å². The Kier molecular flexibility index (Phi) is 7.38. The van der Waals surface area contributed by atoms with E-state index in [9.17, 15) is 10.2 Å². The fraction of sp³-hybridized carbons (Fsp3) is 0.280. The average Bonchev–Trinajstić information content (AvgIpc) is 2.77. The molecule has 28 heavy (non-hydrogen) atoms. The average molecular weight is 376 g/mol. The minimum Gasteiger partial charge on any atom is -0.394 e. The maximum Gasteiger partial charge on any atom is 0.0929 e. The van der Waals surface area contributed by atoms with Crippen molar-refractivity contribution in [3.05, 3.63) is 108 Å². The molecule has 2 N–H and O–H groups in total. The molecule has 0 aliphatic heterocycles. The Hall–Kier alpha value is -2.46. The molecule has 3 aromatic rings. The molecular weight excluding hydrogens is 346 g/mol. The largest absolute Gasteiger partial charge is 0.394 e. The summed E-state index contributed by atoms with van der Waals surface area (Å²) < 4.78 is 0. The van der Waals surface area contributed by atoms with E-state index in [1.807, 2.05) is 54.6 Å². The summed E-state index contributed by atoms with van der Waals surface area (Å²) in [5.74, 6) is 0. The Morgan fingerprint density at radius 3 is 1.79 bits per heavy atom. The van der Waals surface area contributed by atoms with Gasteiger partial charge in [-0.3, -0.25) is 4.90 Å². The molecule has 0 aromatic heterocycles. The van der Waals surface area contributed by atoms with Crippen molar-refractivity contribution >= 4 is 0 Å². The van der Waals surface area contributed by atoms with Gasteiger partial charge in [-0.2, -0.15) is 0 Å². The first-order chi connectivity index (χ1) is 13.7. The number of benzene rings is 3. The van der Waals surface area contributed by atoms with Crippen LogP contribution in [0.3, 0.4) is 0 Å². The Labute approximate surface area is 167 Å². The minimum absolute atomic E-state index is 0.0938. The predicted octanol–water partition coefficient (Wildman–Crippen LogP) is 4.21. The molecule has 0 aliphatic rings. The zero-order chi connectivity index (χ0) is 19.8. The van der Waals surface area contributed by atoms with E-state index in [4.69, 9.17) is 0 Å². The summed E-state index contributed by atoms with van der Waals surface area (Å²) in [7, 11) is 0. The second kappa shape index (κ2) is 10.2. The molecule has 0 spiro atoms. The highest BCUT2D eigenvalue weighted by atomic mass is 16.3. The van der Waals surface area contributed by atoms with Crippen LogP contribution in [0, 0.1) is 0 Å². The number of hydrogen-bond acceptors (Lipinski definition) is 3. The van der Waals surface area contributed by atoms with Gasteiger partial charge < -0.3 is 10.2 Å². The van der Waals surface area contributed by atoms with Gasteiger partial charge in [0.2, 0.25) is 0 Å². The van der Waals surface area contributed by atoms with Crippen molar-refractivity contribution in [1.29, 1.82) is 0 Å². The fourth-order valence-corrected chi connectivity index (χ4v) is 3.71. The lowest BCUT2D eigenvalue weighted by atomic mass is 9.95. The summed E-state index contributed by atoms with van der Waals surface area (Å²) in [6.45, 7) is 2.61. The van der Waals surface area contributed by atoms with Crippen LogP contribution >= 0.6 is 0 Å². The van der Waals surface area contributed by atoms with Crippen LogP contribution in [-0.4, -0.2) is 33.9 Å². The Balaban J connectivity index is 1.95. The van der Waals surface area contributed by atoms with Gasteiger partial charge in [-0.15, -0.1) is 0 Å². The summed E-state index contributed by atoms with van der Waals surface area (Å²) in [6, 6.07) is 30.7. The van der Waals surface area contributed by atoms with Gasteiger partial charge in [0.25, 0.3) is 0 Å². The van der Waals surface area contributed by atoms with Crippen molar-refractivity contribution in [3.8, 4) is 0 Å². The lowest BCUT2D eigenvalue weighted by molar-refractivity contribution is -0.00870. The molecule has 0 saturated carbocycles. The van der Waals surface area contributed by atoms with Crippen molar-refractivity contribution in [3.63, 3.8) is 0 Å². The maximum absolute atomic E-state index is 10.7. The Bertz CT molecular complexity index is 808. The van der Waals surface area contributed by atoms with Crippen LogP contribution < -0.4 is 0 Å². The second-order valence-corrected chi connectivity index (χ2v) is 7.25. The lowest BCUT2D eigenvalue weighted by Crippen LogP contribution is -2.47. The van der Waals surface area contributed by atoms with Gasteiger partial charge in [0, 0.05) is 18.6 Å². The van der Waals surface area contributed by atoms with Gasteiger partial charge in [-0.1, -0.05) is 91.0 Å². The SMILES string of the molecule is C[C@@H](c1ccccc1)N(Cc1ccccc1)[C@@H](Cc1ccccc1)[C@@H](O)CO. The molecule has 3 nitrogen and oxygen atoms in total. The van der Waals surface area contributed by atoms with Gasteiger partial charge in [0.05, 0.1) is 12.7 Å². The van der Waals surface area contributed by atoms with Crippen molar-refractivity contribution in [2.45, 2.75) is 38.1 Å². The number of rotatable bonds is 9. The van der Waals surface area contributed by atoms with Gasteiger partial charge in [0.15, 0.2) is 0 Å².